The second-order valence-corrected chi connectivity index (χ2v) is 4.35. The van der Waals surface area contributed by atoms with Crippen LogP contribution in [-0.4, -0.2) is 0 Å². The average molecular weight is 234 g/mol. The van der Waals surface area contributed by atoms with E-state index < -0.39 is 0 Å². The SMILES string of the molecule is C=Cc1ccc(CCc2ccccc2C=C)cc1. The first-order valence-electron chi connectivity index (χ1n) is 6.25. The predicted octanol–water partition coefficient (Wildman–Crippen LogP) is 4.76. The molecule has 2 aromatic carbocycles. The van der Waals surface area contributed by atoms with Gasteiger partial charge in [0.2, 0.25) is 0 Å². The van der Waals surface area contributed by atoms with Crippen molar-refractivity contribution in [3.8, 4) is 0 Å². The lowest BCUT2D eigenvalue weighted by atomic mass is 9.99. The van der Waals surface area contributed by atoms with Crippen molar-refractivity contribution in [2.75, 3.05) is 0 Å². The Morgan fingerprint density at radius 1 is 0.778 bits per heavy atom. The van der Waals surface area contributed by atoms with Crippen molar-refractivity contribution in [3.05, 3.63) is 83.9 Å². The zero-order chi connectivity index (χ0) is 12.8. The normalized spacial score (nSPS) is 10.0. The molecular formula is C18H18. The lowest BCUT2D eigenvalue weighted by Gasteiger charge is -2.06. The van der Waals surface area contributed by atoms with Crippen LogP contribution in [0, 0.1) is 0 Å². The largest absolute Gasteiger partial charge is 0.0985 e. The second kappa shape index (κ2) is 6.02. The zero-order valence-corrected chi connectivity index (χ0v) is 10.6. The van der Waals surface area contributed by atoms with E-state index in [4.69, 9.17) is 0 Å². The summed E-state index contributed by atoms with van der Waals surface area (Å²) in [5.41, 5.74) is 5.13. The third kappa shape index (κ3) is 2.98. The van der Waals surface area contributed by atoms with Crippen LogP contribution in [0.5, 0.6) is 0 Å². The van der Waals surface area contributed by atoms with Crippen LogP contribution < -0.4 is 0 Å². The summed E-state index contributed by atoms with van der Waals surface area (Å²) in [5, 5.41) is 0. The molecule has 0 amide bonds. The molecule has 0 radical (unpaired) electrons. The molecule has 18 heavy (non-hydrogen) atoms. The topological polar surface area (TPSA) is 0 Å². The van der Waals surface area contributed by atoms with E-state index in [0.29, 0.717) is 0 Å². The van der Waals surface area contributed by atoms with Crippen LogP contribution in [0.4, 0.5) is 0 Å². The van der Waals surface area contributed by atoms with Crippen LogP contribution in [0.15, 0.2) is 61.7 Å². The van der Waals surface area contributed by atoms with Gasteiger partial charge in [-0.15, -0.1) is 0 Å². The van der Waals surface area contributed by atoms with Gasteiger partial charge < -0.3 is 0 Å². The monoisotopic (exact) mass is 234 g/mol. The molecule has 2 aromatic rings. The first-order chi connectivity index (χ1) is 8.83. The highest BCUT2D eigenvalue weighted by Crippen LogP contribution is 2.14. The summed E-state index contributed by atoms with van der Waals surface area (Å²) in [6.07, 6.45) is 5.91. The molecule has 0 heterocycles. The molecule has 0 unspecified atom stereocenters. The van der Waals surface area contributed by atoms with Crippen molar-refractivity contribution >= 4 is 12.2 Å². The summed E-state index contributed by atoms with van der Waals surface area (Å²) in [7, 11) is 0. The van der Waals surface area contributed by atoms with Crippen molar-refractivity contribution in [3.63, 3.8) is 0 Å². The summed E-state index contributed by atoms with van der Waals surface area (Å²) in [5.74, 6) is 0. The molecule has 0 heteroatoms. The maximum atomic E-state index is 3.86. The Kier molecular flexibility index (Phi) is 4.14. The van der Waals surface area contributed by atoms with Crippen molar-refractivity contribution in [1.29, 1.82) is 0 Å². The maximum Gasteiger partial charge on any atom is -0.0230 e. The lowest BCUT2D eigenvalue weighted by Crippen LogP contribution is -1.93. The first-order valence-corrected chi connectivity index (χ1v) is 6.25. The summed E-state index contributed by atoms with van der Waals surface area (Å²) >= 11 is 0. The van der Waals surface area contributed by atoms with E-state index in [2.05, 4.69) is 61.7 Å². The van der Waals surface area contributed by atoms with Crippen molar-refractivity contribution in [1.82, 2.24) is 0 Å². The first kappa shape index (κ1) is 12.4. The van der Waals surface area contributed by atoms with Gasteiger partial charge in [-0.3, -0.25) is 0 Å². The predicted molar refractivity (Wildman–Crippen MR) is 80.5 cm³/mol. The van der Waals surface area contributed by atoms with Crippen LogP contribution in [-0.2, 0) is 12.8 Å². The van der Waals surface area contributed by atoms with Crippen molar-refractivity contribution < 1.29 is 0 Å². The Morgan fingerprint density at radius 2 is 1.50 bits per heavy atom. The van der Waals surface area contributed by atoms with Gasteiger partial charge in [-0.05, 0) is 35.1 Å². The molecule has 0 fully saturated rings. The third-order valence-electron chi connectivity index (χ3n) is 3.17. The highest BCUT2D eigenvalue weighted by atomic mass is 14.0. The molecule has 0 atom stereocenters. The molecule has 0 nitrogen and oxygen atoms in total. The van der Waals surface area contributed by atoms with E-state index in [-0.39, 0.29) is 0 Å². The second-order valence-electron chi connectivity index (χ2n) is 4.35. The molecule has 90 valence electrons. The smallest absolute Gasteiger partial charge is 0.0230 e. The van der Waals surface area contributed by atoms with Crippen LogP contribution in [0.25, 0.3) is 12.2 Å². The van der Waals surface area contributed by atoms with E-state index >= 15 is 0 Å². The fourth-order valence-corrected chi connectivity index (χ4v) is 2.06. The molecule has 0 aliphatic carbocycles. The number of benzene rings is 2. The Hall–Kier alpha value is -2.08. The molecule has 0 aliphatic rings. The van der Waals surface area contributed by atoms with Crippen LogP contribution in [0.2, 0.25) is 0 Å². The summed E-state index contributed by atoms with van der Waals surface area (Å²) in [6.45, 7) is 7.62. The van der Waals surface area contributed by atoms with Crippen molar-refractivity contribution in [2.45, 2.75) is 12.8 Å². The van der Waals surface area contributed by atoms with Crippen LogP contribution in [0.3, 0.4) is 0 Å². The van der Waals surface area contributed by atoms with Gasteiger partial charge in [0.1, 0.15) is 0 Å². The van der Waals surface area contributed by atoms with E-state index in [1.165, 1.54) is 22.3 Å². The Bertz CT molecular complexity index is 532. The molecule has 0 saturated heterocycles. The summed E-state index contributed by atoms with van der Waals surface area (Å²) in [4.78, 5) is 0. The van der Waals surface area contributed by atoms with Gasteiger partial charge >= 0.3 is 0 Å². The minimum atomic E-state index is 1.05. The highest BCUT2D eigenvalue weighted by molar-refractivity contribution is 5.52. The van der Waals surface area contributed by atoms with Gasteiger partial charge in [-0.25, -0.2) is 0 Å². The zero-order valence-electron chi connectivity index (χ0n) is 10.6. The highest BCUT2D eigenvalue weighted by Gasteiger charge is 1.99. The van der Waals surface area contributed by atoms with E-state index in [0.717, 1.165) is 12.8 Å². The minimum absolute atomic E-state index is 1.05. The van der Waals surface area contributed by atoms with E-state index in [1.807, 2.05) is 12.2 Å². The number of hydrogen-bond acceptors (Lipinski definition) is 0. The summed E-state index contributed by atoms with van der Waals surface area (Å²) < 4.78 is 0. The fourth-order valence-electron chi connectivity index (χ4n) is 2.06. The molecule has 0 N–H and O–H groups in total. The molecule has 0 spiro atoms. The van der Waals surface area contributed by atoms with Crippen molar-refractivity contribution in [2.24, 2.45) is 0 Å². The lowest BCUT2D eigenvalue weighted by molar-refractivity contribution is 0.957. The van der Waals surface area contributed by atoms with Gasteiger partial charge in [-0.1, -0.05) is 73.8 Å². The van der Waals surface area contributed by atoms with Gasteiger partial charge in [0, 0.05) is 0 Å². The number of hydrogen-bond donors (Lipinski definition) is 0. The maximum absolute atomic E-state index is 3.86. The molecule has 0 bridgehead atoms. The number of rotatable bonds is 5. The van der Waals surface area contributed by atoms with Gasteiger partial charge in [0.15, 0.2) is 0 Å². The van der Waals surface area contributed by atoms with E-state index in [9.17, 15) is 0 Å². The van der Waals surface area contributed by atoms with Gasteiger partial charge in [0.25, 0.3) is 0 Å². The summed E-state index contributed by atoms with van der Waals surface area (Å²) in [6, 6.07) is 17.0. The molecular weight excluding hydrogens is 216 g/mol. The molecule has 0 aliphatic heterocycles. The minimum Gasteiger partial charge on any atom is -0.0985 e. The Labute approximate surface area is 109 Å². The Balaban J connectivity index is 2.06. The standard InChI is InChI=1S/C18H18/c1-3-15-9-11-16(12-10-15)13-14-18-8-6-5-7-17(18)4-2/h3-12H,1-2,13-14H2. The Morgan fingerprint density at radius 3 is 2.17 bits per heavy atom. The molecule has 2 rings (SSSR count). The van der Waals surface area contributed by atoms with Gasteiger partial charge in [0.05, 0.1) is 0 Å². The molecule has 0 saturated carbocycles. The number of aryl methyl sites for hydroxylation is 2. The molecule has 0 aromatic heterocycles. The fraction of sp³-hybridized carbons (Fsp3) is 0.111. The van der Waals surface area contributed by atoms with Crippen LogP contribution in [0.1, 0.15) is 22.3 Å². The van der Waals surface area contributed by atoms with Gasteiger partial charge in [-0.2, -0.15) is 0 Å². The van der Waals surface area contributed by atoms with Crippen LogP contribution >= 0.6 is 0 Å². The average Bonchev–Trinajstić information content (AvgIpc) is 2.46. The van der Waals surface area contributed by atoms with E-state index in [1.54, 1.807) is 0 Å². The third-order valence-corrected chi connectivity index (χ3v) is 3.17. The quantitative estimate of drug-likeness (QED) is 0.700.